The molecule has 0 spiro atoms. The molecule has 2 amide bonds. The van der Waals surface area contributed by atoms with Gasteiger partial charge in [0.2, 0.25) is 11.8 Å². The number of anilines is 2. The molecule has 0 aliphatic carbocycles. The average molecular weight is 325 g/mol. The summed E-state index contributed by atoms with van der Waals surface area (Å²) in [5.74, 6) is -0.195. The molecule has 102 valence electrons. The zero-order valence-corrected chi connectivity index (χ0v) is 12.8. The lowest BCUT2D eigenvalue weighted by atomic mass is 9.78. The summed E-state index contributed by atoms with van der Waals surface area (Å²) < 4.78 is 0.752. The Morgan fingerprint density at radius 1 is 1.37 bits per heavy atom. The van der Waals surface area contributed by atoms with Crippen LogP contribution in [0, 0.1) is 11.3 Å². The third-order valence-corrected chi connectivity index (χ3v) is 4.69. The Bertz CT molecular complexity index is 556. The number of rotatable bonds is 2. The van der Waals surface area contributed by atoms with Crippen molar-refractivity contribution in [1.29, 1.82) is 0 Å². The number of nitrogen functional groups attached to an aromatic ring is 1. The number of amides is 2. The van der Waals surface area contributed by atoms with E-state index in [4.69, 9.17) is 5.73 Å². The summed E-state index contributed by atoms with van der Waals surface area (Å²) >= 11 is 3.30. The first-order valence-electron chi connectivity index (χ1n) is 6.20. The summed E-state index contributed by atoms with van der Waals surface area (Å²) in [6, 6.07) is 5.12. The maximum atomic E-state index is 12.5. The van der Waals surface area contributed by atoms with Crippen LogP contribution >= 0.6 is 15.9 Å². The highest BCUT2D eigenvalue weighted by atomic mass is 79.9. The molecule has 1 aromatic rings. The van der Waals surface area contributed by atoms with E-state index in [1.807, 2.05) is 20.8 Å². The Labute approximate surface area is 121 Å². The van der Waals surface area contributed by atoms with Crippen LogP contribution in [0.3, 0.4) is 0 Å². The van der Waals surface area contributed by atoms with E-state index in [2.05, 4.69) is 15.9 Å². The molecule has 0 radical (unpaired) electrons. The molecule has 1 fully saturated rings. The molecule has 2 rings (SSSR count). The molecule has 4 nitrogen and oxygen atoms in total. The third-order valence-electron chi connectivity index (χ3n) is 3.97. The van der Waals surface area contributed by atoms with Crippen molar-refractivity contribution >= 4 is 39.1 Å². The SMILES string of the molecule is CC(C)C1(C)CC(=O)N(c2ccc(Br)c(N)c2)C1=O. The Kier molecular flexibility index (Phi) is 3.43. The maximum Gasteiger partial charge on any atom is 0.240 e. The molecule has 0 bridgehead atoms. The highest BCUT2D eigenvalue weighted by Gasteiger charge is 2.50. The molecule has 1 aromatic carbocycles. The quantitative estimate of drug-likeness (QED) is 0.672. The number of hydrogen-bond acceptors (Lipinski definition) is 3. The molecule has 1 unspecified atom stereocenters. The van der Waals surface area contributed by atoms with Gasteiger partial charge in [-0.3, -0.25) is 9.59 Å². The van der Waals surface area contributed by atoms with Crippen molar-refractivity contribution in [3.63, 3.8) is 0 Å². The van der Waals surface area contributed by atoms with E-state index in [0.29, 0.717) is 11.4 Å². The van der Waals surface area contributed by atoms with Crippen LogP contribution < -0.4 is 10.6 Å². The van der Waals surface area contributed by atoms with Gasteiger partial charge in [0.15, 0.2) is 0 Å². The van der Waals surface area contributed by atoms with Crippen molar-refractivity contribution in [2.45, 2.75) is 27.2 Å². The molecule has 2 N–H and O–H groups in total. The lowest BCUT2D eigenvalue weighted by Gasteiger charge is -2.26. The van der Waals surface area contributed by atoms with Crippen LogP contribution in [0.25, 0.3) is 0 Å². The van der Waals surface area contributed by atoms with Crippen molar-refractivity contribution in [1.82, 2.24) is 0 Å². The van der Waals surface area contributed by atoms with Gasteiger partial charge in [-0.15, -0.1) is 0 Å². The van der Waals surface area contributed by atoms with Gasteiger partial charge in [-0.05, 0) is 47.0 Å². The van der Waals surface area contributed by atoms with E-state index in [9.17, 15) is 9.59 Å². The minimum atomic E-state index is -0.626. The summed E-state index contributed by atoms with van der Waals surface area (Å²) in [4.78, 5) is 25.9. The summed E-state index contributed by atoms with van der Waals surface area (Å²) in [6.07, 6.45) is 0.249. The van der Waals surface area contributed by atoms with Gasteiger partial charge in [0.05, 0.1) is 11.1 Å². The van der Waals surface area contributed by atoms with E-state index in [1.54, 1.807) is 18.2 Å². The fourth-order valence-electron chi connectivity index (χ4n) is 2.22. The van der Waals surface area contributed by atoms with E-state index in [-0.39, 0.29) is 24.2 Å². The number of hydrogen-bond donors (Lipinski definition) is 1. The lowest BCUT2D eigenvalue weighted by molar-refractivity contribution is -0.126. The van der Waals surface area contributed by atoms with E-state index in [0.717, 1.165) is 4.47 Å². The lowest BCUT2D eigenvalue weighted by Crippen LogP contribution is -2.36. The van der Waals surface area contributed by atoms with Crippen LogP contribution in [-0.4, -0.2) is 11.8 Å². The Balaban J connectivity index is 2.43. The van der Waals surface area contributed by atoms with Gasteiger partial charge < -0.3 is 5.73 Å². The van der Waals surface area contributed by atoms with Gasteiger partial charge in [-0.25, -0.2) is 4.90 Å². The van der Waals surface area contributed by atoms with Crippen molar-refractivity contribution in [3.8, 4) is 0 Å². The zero-order chi connectivity index (χ0) is 14.4. The predicted octanol–water partition coefficient (Wildman–Crippen LogP) is 2.96. The second kappa shape index (κ2) is 4.63. The second-order valence-electron chi connectivity index (χ2n) is 5.49. The highest BCUT2D eigenvalue weighted by Crippen LogP contribution is 2.41. The monoisotopic (exact) mass is 324 g/mol. The van der Waals surface area contributed by atoms with Crippen LogP contribution in [0.2, 0.25) is 0 Å². The minimum absolute atomic E-state index is 0.113. The van der Waals surface area contributed by atoms with E-state index < -0.39 is 5.41 Å². The predicted molar refractivity (Wildman–Crippen MR) is 78.6 cm³/mol. The average Bonchev–Trinajstić information content (AvgIpc) is 2.55. The Hall–Kier alpha value is -1.36. The van der Waals surface area contributed by atoms with Gasteiger partial charge in [0, 0.05) is 16.6 Å². The number of halogens is 1. The number of nitrogens with zero attached hydrogens (tertiary/aromatic N) is 1. The molecule has 1 atom stereocenters. The largest absolute Gasteiger partial charge is 0.398 e. The smallest absolute Gasteiger partial charge is 0.240 e. The van der Waals surface area contributed by atoms with Gasteiger partial charge >= 0.3 is 0 Å². The normalized spacial score (nSPS) is 23.5. The number of carbonyl (C=O) groups excluding carboxylic acids is 2. The summed E-state index contributed by atoms with van der Waals surface area (Å²) in [5, 5.41) is 0. The van der Waals surface area contributed by atoms with Crippen molar-refractivity contribution < 1.29 is 9.59 Å². The zero-order valence-electron chi connectivity index (χ0n) is 11.2. The van der Waals surface area contributed by atoms with Crippen LogP contribution in [0.1, 0.15) is 27.2 Å². The van der Waals surface area contributed by atoms with Crippen LogP contribution in [0.5, 0.6) is 0 Å². The fourth-order valence-corrected chi connectivity index (χ4v) is 2.47. The molecular weight excluding hydrogens is 308 g/mol. The standard InChI is InChI=1S/C14H17BrN2O2/c1-8(2)14(3)7-12(18)17(13(14)19)9-4-5-10(15)11(16)6-9/h4-6,8H,7,16H2,1-3H3. The van der Waals surface area contributed by atoms with Crippen LogP contribution in [0.4, 0.5) is 11.4 Å². The second-order valence-corrected chi connectivity index (χ2v) is 6.34. The molecule has 0 saturated carbocycles. The number of nitrogens with two attached hydrogens (primary N) is 1. The topological polar surface area (TPSA) is 63.4 Å². The van der Waals surface area contributed by atoms with Crippen molar-refractivity contribution in [2.24, 2.45) is 11.3 Å². The van der Waals surface area contributed by atoms with Crippen molar-refractivity contribution in [3.05, 3.63) is 22.7 Å². The summed E-state index contributed by atoms with van der Waals surface area (Å²) in [6.45, 7) is 5.77. The van der Waals surface area contributed by atoms with Crippen LogP contribution in [0.15, 0.2) is 22.7 Å². The van der Waals surface area contributed by atoms with Crippen LogP contribution in [-0.2, 0) is 9.59 Å². The maximum absolute atomic E-state index is 12.5. The van der Waals surface area contributed by atoms with Gasteiger partial charge in [0.25, 0.3) is 0 Å². The molecule has 5 heteroatoms. The first-order valence-corrected chi connectivity index (χ1v) is 6.99. The Morgan fingerprint density at radius 2 is 2.00 bits per heavy atom. The minimum Gasteiger partial charge on any atom is -0.398 e. The Morgan fingerprint density at radius 3 is 2.47 bits per heavy atom. The third kappa shape index (κ3) is 2.16. The van der Waals surface area contributed by atoms with E-state index >= 15 is 0 Å². The summed E-state index contributed by atoms with van der Waals surface area (Å²) in [7, 11) is 0. The molecule has 1 aliphatic heterocycles. The molecule has 1 heterocycles. The van der Waals surface area contributed by atoms with Gasteiger partial charge in [0.1, 0.15) is 0 Å². The van der Waals surface area contributed by atoms with Gasteiger partial charge in [-0.1, -0.05) is 13.8 Å². The highest BCUT2D eigenvalue weighted by molar-refractivity contribution is 9.10. The molecule has 1 aliphatic rings. The first kappa shape index (κ1) is 14.1. The van der Waals surface area contributed by atoms with E-state index in [1.165, 1.54) is 4.90 Å². The molecule has 1 saturated heterocycles. The number of imide groups is 1. The number of carbonyl (C=O) groups is 2. The first-order chi connectivity index (χ1) is 8.77. The summed E-state index contributed by atoms with van der Waals surface area (Å²) in [5.41, 5.74) is 6.24. The van der Waals surface area contributed by atoms with Gasteiger partial charge in [-0.2, -0.15) is 0 Å². The fraction of sp³-hybridized carbons (Fsp3) is 0.429. The van der Waals surface area contributed by atoms with Crippen molar-refractivity contribution in [2.75, 3.05) is 10.6 Å². The molecule has 0 aromatic heterocycles. The number of benzene rings is 1. The molecule has 19 heavy (non-hydrogen) atoms. The molecular formula is C14H17BrN2O2.